The first-order chi connectivity index (χ1) is 7.73. The average molecular weight is 219 g/mol. The lowest BCUT2D eigenvalue weighted by Crippen LogP contribution is -2.25. The number of aromatic nitrogens is 2. The van der Waals surface area contributed by atoms with E-state index in [1.807, 2.05) is 11.5 Å². The Balaban J connectivity index is 2.31. The molecule has 0 saturated heterocycles. The van der Waals surface area contributed by atoms with E-state index in [0.717, 1.165) is 37.9 Å². The fourth-order valence-electron chi connectivity index (χ4n) is 2.56. The van der Waals surface area contributed by atoms with Gasteiger partial charge in [-0.15, -0.1) is 0 Å². The summed E-state index contributed by atoms with van der Waals surface area (Å²) < 4.78 is 1.90. The van der Waals surface area contributed by atoms with Gasteiger partial charge in [0.2, 0.25) is 0 Å². The van der Waals surface area contributed by atoms with Gasteiger partial charge < -0.3 is 9.67 Å². The van der Waals surface area contributed by atoms with Gasteiger partial charge in [0, 0.05) is 6.54 Å². The maximum atomic E-state index is 10.4. The Hall–Kier alpha value is -1.34. The van der Waals surface area contributed by atoms with Crippen LogP contribution in [-0.2, 0) is 6.54 Å². The van der Waals surface area contributed by atoms with Crippen molar-refractivity contribution in [3.05, 3.63) is 18.2 Å². The van der Waals surface area contributed by atoms with Crippen LogP contribution in [0.5, 0.6) is 0 Å². The Morgan fingerprint density at radius 1 is 1.62 bits per heavy atom. The summed E-state index contributed by atoms with van der Waals surface area (Å²) in [5.74, 6) is 0. The molecule has 1 aromatic heterocycles. The van der Waals surface area contributed by atoms with Crippen molar-refractivity contribution in [3.63, 3.8) is 0 Å². The van der Waals surface area contributed by atoms with Gasteiger partial charge in [0.05, 0.1) is 29.7 Å². The highest BCUT2D eigenvalue weighted by Gasteiger charge is 2.42. The van der Waals surface area contributed by atoms with Crippen LogP contribution in [0.15, 0.2) is 12.5 Å². The van der Waals surface area contributed by atoms with E-state index in [-0.39, 0.29) is 0 Å². The molecule has 0 radical (unpaired) electrons. The van der Waals surface area contributed by atoms with Crippen LogP contribution in [0.4, 0.5) is 0 Å². The Bertz CT molecular complexity index is 399. The van der Waals surface area contributed by atoms with Crippen molar-refractivity contribution >= 4 is 0 Å². The number of hydrogen-bond donors (Lipinski definition) is 1. The number of imidazole rings is 1. The Morgan fingerprint density at radius 2 is 2.31 bits per heavy atom. The summed E-state index contributed by atoms with van der Waals surface area (Å²) in [5, 5.41) is 19.7. The van der Waals surface area contributed by atoms with Gasteiger partial charge in [0.15, 0.2) is 0 Å². The number of rotatable bonds is 3. The van der Waals surface area contributed by atoms with E-state index >= 15 is 0 Å². The zero-order valence-electron chi connectivity index (χ0n) is 9.56. The molecule has 0 spiro atoms. The summed E-state index contributed by atoms with van der Waals surface area (Å²) in [7, 11) is 0. The maximum absolute atomic E-state index is 10.4. The largest absolute Gasteiger partial charge is 0.385 e. The summed E-state index contributed by atoms with van der Waals surface area (Å²) >= 11 is 0. The molecule has 0 bridgehead atoms. The molecule has 16 heavy (non-hydrogen) atoms. The van der Waals surface area contributed by atoms with Crippen LogP contribution < -0.4 is 0 Å². The number of aliphatic hydroxyl groups excluding tert-OH is 1. The summed E-state index contributed by atoms with van der Waals surface area (Å²) in [5.41, 5.74) is 0.179. The van der Waals surface area contributed by atoms with Crippen molar-refractivity contribution in [2.75, 3.05) is 0 Å². The summed E-state index contributed by atoms with van der Waals surface area (Å²) in [4.78, 5) is 4.04. The van der Waals surface area contributed by atoms with Gasteiger partial charge >= 0.3 is 0 Å². The monoisotopic (exact) mass is 219 g/mol. The quantitative estimate of drug-likeness (QED) is 0.846. The van der Waals surface area contributed by atoms with E-state index in [4.69, 9.17) is 0 Å². The molecular formula is C12H17N3O. The van der Waals surface area contributed by atoms with Crippen molar-refractivity contribution in [1.29, 1.82) is 5.26 Å². The molecule has 1 saturated carbocycles. The summed E-state index contributed by atoms with van der Waals surface area (Å²) in [6.45, 7) is 2.78. The SMILES string of the molecule is CCn1cncc1C(O)C1(C#N)CCCC1. The van der Waals surface area contributed by atoms with Crippen molar-refractivity contribution < 1.29 is 5.11 Å². The predicted molar refractivity (Wildman–Crippen MR) is 59.4 cm³/mol. The van der Waals surface area contributed by atoms with Crippen LogP contribution in [0.1, 0.15) is 44.4 Å². The molecule has 0 aromatic carbocycles. The van der Waals surface area contributed by atoms with Gasteiger partial charge in [-0.2, -0.15) is 5.26 Å². The molecule has 1 aliphatic rings. The Morgan fingerprint density at radius 3 is 2.88 bits per heavy atom. The summed E-state index contributed by atoms with van der Waals surface area (Å²) in [6, 6.07) is 2.33. The highest BCUT2D eigenvalue weighted by Crippen LogP contribution is 2.46. The normalized spacial score (nSPS) is 20.6. The van der Waals surface area contributed by atoms with Gasteiger partial charge in [-0.3, -0.25) is 0 Å². The van der Waals surface area contributed by atoms with Gasteiger partial charge in [-0.05, 0) is 19.8 Å². The molecule has 4 heteroatoms. The molecule has 1 unspecified atom stereocenters. The van der Waals surface area contributed by atoms with E-state index in [2.05, 4.69) is 11.1 Å². The van der Waals surface area contributed by atoms with Crippen molar-refractivity contribution in [3.8, 4) is 6.07 Å². The molecule has 1 fully saturated rings. The van der Waals surface area contributed by atoms with Crippen molar-refractivity contribution in [1.82, 2.24) is 9.55 Å². The molecule has 2 rings (SSSR count). The van der Waals surface area contributed by atoms with Crippen LogP contribution >= 0.6 is 0 Å². The first-order valence-electron chi connectivity index (χ1n) is 5.83. The molecule has 1 aliphatic carbocycles. The minimum atomic E-state index is -0.706. The minimum absolute atomic E-state index is 0.590. The zero-order valence-corrected chi connectivity index (χ0v) is 9.56. The topological polar surface area (TPSA) is 61.8 Å². The van der Waals surface area contributed by atoms with Crippen LogP contribution in [0.2, 0.25) is 0 Å². The van der Waals surface area contributed by atoms with Crippen molar-refractivity contribution in [2.24, 2.45) is 5.41 Å². The average Bonchev–Trinajstić information content (AvgIpc) is 2.97. The van der Waals surface area contributed by atoms with E-state index in [1.165, 1.54) is 0 Å². The number of nitriles is 1. The second-order valence-corrected chi connectivity index (χ2v) is 4.48. The van der Waals surface area contributed by atoms with Crippen LogP contribution in [0, 0.1) is 16.7 Å². The third kappa shape index (κ3) is 1.61. The molecule has 4 nitrogen and oxygen atoms in total. The van der Waals surface area contributed by atoms with Crippen LogP contribution in [-0.4, -0.2) is 14.7 Å². The summed E-state index contributed by atoms with van der Waals surface area (Å²) in [6.07, 6.45) is 6.32. The molecule has 1 N–H and O–H groups in total. The maximum Gasteiger partial charge on any atom is 0.114 e. The highest BCUT2D eigenvalue weighted by molar-refractivity contribution is 5.16. The highest BCUT2D eigenvalue weighted by atomic mass is 16.3. The third-order valence-corrected chi connectivity index (χ3v) is 3.61. The molecule has 1 aromatic rings. The van der Waals surface area contributed by atoms with Crippen LogP contribution in [0.3, 0.4) is 0 Å². The second-order valence-electron chi connectivity index (χ2n) is 4.48. The lowest BCUT2D eigenvalue weighted by atomic mass is 9.80. The van der Waals surface area contributed by atoms with Crippen LogP contribution in [0.25, 0.3) is 0 Å². The zero-order chi connectivity index (χ0) is 11.6. The Labute approximate surface area is 95.5 Å². The first kappa shape index (κ1) is 11.2. The lowest BCUT2D eigenvalue weighted by Gasteiger charge is -2.27. The number of aliphatic hydroxyl groups is 1. The number of nitrogens with zero attached hydrogens (tertiary/aromatic N) is 3. The molecule has 1 heterocycles. The molecule has 86 valence electrons. The van der Waals surface area contributed by atoms with Gasteiger partial charge in [0.25, 0.3) is 0 Å². The lowest BCUT2D eigenvalue weighted by molar-refractivity contribution is 0.0602. The fraction of sp³-hybridized carbons (Fsp3) is 0.667. The van der Waals surface area contributed by atoms with Crippen molar-refractivity contribution in [2.45, 2.75) is 45.3 Å². The van der Waals surface area contributed by atoms with E-state index in [1.54, 1.807) is 12.5 Å². The van der Waals surface area contributed by atoms with Gasteiger partial charge in [0.1, 0.15) is 6.10 Å². The van der Waals surface area contributed by atoms with Gasteiger partial charge in [-0.25, -0.2) is 4.98 Å². The number of hydrogen-bond acceptors (Lipinski definition) is 3. The standard InChI is InChI=1S/C12H17N3O/c1-2-15-9-14-7-10(15)11(16)12(8-13)5-3-4-6-12/h7,9,11,16H,2-6H2,1H3. The Kier molecular flexibility index (Phi) is 2.97. The van der Waals surface area contributed by atoms with Gasteiger partial charge in [-0.1, -0.05) is 12.8 Å². The fourth-order valence-corrected chi connectivity index (χ4v) is 2.56. The molecular weight excluding hydrogens is 202 g/mol. The molecule has 1 atom stereocenters. The minimum Gasteiger partial charge on any atom is -0.385 e. The van der Waals surface area contributed by atoms with E-state index < -0.39 is 11.5 Å². The second kappa shape index (κ2) is 4.26. The third-order valence-electron chi connectivity index (χ3n) is 3.61. The molecule has 0 amide bonds. The first-order valence-corrected chi connectivity index (χ1v) is 5.83. The predicted octanol–water partition coefficient (Wildman–Crippen LogP) is 2.02. The van der Waals surface area contributed by atoms with E-state index in [0.29, 0.717) is 0 Å². The van der Waals surface area contributed by atoms with E-state index in [9.17, 15) is 10.4 Å². The number of aryl methyl sites for hydroxylation is 1. The molecule has 0 aliphatic heterocycles. The smallest absolute Gasteiger partial charge is 0.114 e.